The molecule has 1 heterocycles. The summed E-state index contributed by atoms with van der Waals surface area (Å²) in [6, 6.07) is 0. The van der Waals surface area contributed by atoms with Crippen molar-refractivity contribution in [3.63, 3.8) is 0 Å². The molecule has 0 aliphatic carbocycles. The van der Waals surface area contributed by atoms with Crippen LogP contribution in [0.2, 0.25) is 0 Å². The second-order valence-electron chi connectivity index (χ2n) is 5.26. The van der Waals surface area contributed by atoms with Crippen molar-refractivity contribution < 1.29 is 33.3 Å². The van der Waals surface area contributed by atoms with Crippen molar-refractivity contribution in [3.05, 3.63) is 0 Å². The highest BCUT2D eigenvalue weighted by Crippen LogP contribution is 2.34. The Kier molecular flexibility index (Phi) is 8.08. The van der Waals surface area contributed by atoms with E-state index in [1.54, 1.807) is 6.92 Å². The second kappa shape index (κ2) is 9.55. The lowest BCUT2D eigenvalue weighted by Crippen LogP contribution is -2.59. The number of hydrogen-bond acceptors (Lipinski definition) is 8. The van der Waals surface area contributed by atoms with E-state index in [0.29, 0.717) is 12.2 Å². The third-order valence-corrected chi connectivity index (χ3v) is 4.31. The molecule has 1 unspecified atom stereocenters. The van der Waals surface area contributed by atoms with Gasteiger partial charge in [0, 0.05) is 32.9 Å². The van der Waals surface area contributed by atoms with Crippen LogP contribution in [0.5, 0.6) is 0 Å². The van der Waals surface area contributed by atoms with Gasteiger partial charge in [-0.15, -0.1) is 24.1 Å². The first-order chi connectivity index (χ1) is 11.3. The molecule has 134 valence electrons. The van der Waals surface area contributed by atoms with E-state index in [-0.39, 0.29) is 0 Å². The molecule has 0 spiro atoms. The van der Waals surface area contributed by atoms with Crippen LogP contribution in [0.4, 0.5) is 0 Å². The second-order valence-corrected chi connectivity index (χ2v) is 6.46. The summed E-state index contributed by atoms with van der Waals surface area (Å²) in [7, 11) is 0. The Morgan fingerprint density at radius 2 is 1.50 bits per heavy atom. The maximum absolute atomic E-state index is 11.5. The highest BCUT2D eigenvalue weighted by Gasteiger charge is 2.50. The maximum atomic E-state index is 11.5. The van der Waals surface area contributed by atoms with Crippen LogP contribution >= 0.6 is 11.8 Å². The van der Waals surface area contributed by atoms with Gasteiger partial charge in [0.25, 0.3) is 0 Å². The highest BCUT2D eigenvalue weighted by molar-refractivity contribution is 7.99. The molecule has 8 heteroatoms. The summed E-state index contributed by atoms with van der Waals surface area (Å²) in [6.07, 6.45) is 2.47. The number of rotatable bonds is 6. The minimum absolute atomic E-state index is 0.511. The minimum Gasteiger partial charge on any atom is -0.456 e. The SMILES string of the molecule is C#CCCSC1O[C@@H](C)[C@H](OC(C)=O)[C@@H](OC(C)=O)[C@H]1OC(C)=O. The number of esters is 3. The van der Waals surface area contributed by atoms with Crippen LogP contribution in [0, 0.1) is 12.3 Å². The standard InChI is InChI=1S/C16H22O7S/c1-6-7-8-24-16-15(23-12(5)19)14(22-11(4)18)13(9(2)20-16)21-10(3)17/h1,9,13-16H,7-8H2,2-5H3/t9-,13-,14+,15+,16?/m0/s1. The van der Waals surface area contributed by atoms with E-state index < -0.39 is 47.8 Å². The van der Waals surface area contributed by atoms with Gasteiger partial charge in [0.1, 0.15) is 5.44 Å². The van der Waals surface area contributed by atoms with Crippen LogP contribution in [0.15, 0.2) is 0 Å². The van der Waals surface area contributed by atoms with Gasteiger partial charge >= 0.3 is 17.9 Å². The van der Waals surface area contributed by atoms with Crippen molar-refractivity contribution in [1.29, 1.82) is 0 Å². The molecular formula is C16H22O7S. The van der Waals surface area contributed by atoms with Gasteiger partial charge < -0.3 is 18.9 Å². The summed E-state index contributed by atoms with van der Waals surface area (Å²) in [5, 5.41) is 0. The van der Waals surface area contributed by atoms with E-state index in [1.165, 1.54) is 32.5 Å². The van der Waals surface area contributed by atoms with Crippen molar-refractivity contribution in [1.82, 2.24) is 0 Å². The molecule has 0 amide bonds. The first-order valence-electron chi connectivity index (χ1n) is 7.48. The first kappa shape index (κ1) is 20.3. The molecule has 0 saturated carbocycles. The fraction of sp³-hybridized carbons (Fsp3) is 0.688. The summed E-state index contributed by atoms with van der Waals surface area (Å²) in [4.78, 5) is 34.3. The van der Waals surface area contributed by atoms with Crippen LogP contribution in [-0.4, -0.2) is 53.5 Å². The largest absolute Gasteiger partial charge is 0.456 e. The maximum Gasteiger partial charge on any atom is 0.303 e. The summed E-state index contributed by atoms with van der Waals surface area (Å²) < 4.78 is 21.7. The zero-order valence-electron chi connectivity index (χ0n) is 14.1. The van der Waals surface area contributed by atoms with Crippen molar-refractivity contribution >= 4 is 29.7 Å². The summed E-state index contributed by atoms with van der Waals surface area (Å²) >= 11 is 1.35. The molecule has 1 aliphatic heterocycles. The monoisotopic (exact) mass is 358 g/mol. The Morgan fingerprint density at radius 3 is 2.00 bits per heavy atom. The van der Waals surface area contributed by atoms with Gasteiger partial charge in [-0.2, -0.15) is 0 Å². The third kappa shape index (κ3) is 6.06. The third-order valence-electron chi connectivity index (χ3n) is 3.16. The molecule has 0 aromatic carbocycles. The van der Waals surface area contributed by atoms with E-state index in [4.69, 9.17) is 25.4 Å². The summed E-state index contributed by atoms with van der Waals surface area (Å²) in [5.74, 6) is 1.42. The zero-order valence-corrected chi connectivity index (χ0v) is 15.0. The van der Waals surface area contributed by atoms with Crippen LogP contribution in [0.25, 0.3) is 0 Å². The van der Waals surface area contributed by atoms with Gasteiger partial charge in [-0.25, -0.2) is 0 Å². The van der Waals surface area contributed by atoms with Gasteiger partial charge in [0.2, 0.25) is 0 Å². The predicted octanol–water partition coefficient (Wildman–Crippen LogP) is 1.28. The van der Waals surface area contributed by atoms with Gasteiger partial charge in [0.15, 0.2) is 18.3 Å². The molecule has 5 atom stereocenters. The molecule has 7 nitrogen and oxygen atoms in total. The number of hydrogen-bond donors (Lipinski definition) is 0. The number of carbonyl (C=O) groups is 3. The molecule has 0 bridgehead atoms. The predicted molar refractivity (Wildman–Crippen MR) is 86.9 cm³/mol. The Balaban J connectivity index is 3.07. The van der Waals surface area contributed by atoms with Crippen LogP contribution in [0.3, 0.4) is 0 Å². The number of thioether (sulfide) groups is 1. The van der Waals surface area contributed by atoms with Crippen LogP contribution < -0.4 is 0 Å². The molecule has 24 heavy (non-hydrogen) atoms. The first-order valence-corrected chi connectivity index (χ1v) is 8.53. The Hall–Kier alpha value is -1.72. The smallest absolute Gasteiger partial charge is 0.303 e. The number of ether oxygens (including phenoxy) is 4. The Morgan fingerprint density at radius 1 is 1.00 bits per heavy atom. The highest BCUT2D eigenvalue weighted by atomic mass is 32.2. The molecule has 1 rings (SSSR count). The van der Waals surface area contributed by atoms with Crippen molar-refractivity contribution in [2.24, 2.45) is 0 Å². The van der Waals surface area contributed by atoms with E-state index in [0.717, 1.165) is 0 Å². The quantitative estimate of drug-likeness (QED) is 0.304. The lowest BCUT2D eigenvalue weighted by atomic mass is 10.00. The lowest BCUT2D eigenvalue weighted by Gasteiger charge is -2.43. The van der Waals surface area contributed by atoms with E-state index in [2.05, 4.69) is 5.92 Å². The molecule has 0 aromatic rings. The average molecular weight is 358 g/mol. The van der Waals surface area contributed by atoms with Gasteiger partial charge in [0.05, 0.1) is 6.10 Å². The normalized spacial score (nSPS) is 29.2. The Bertz CT molecular complexity index is 513. The Labute approximate surface area is 145 Å². The summed E-state index contributed by atoms with van der Waals surface area (Å²) in [6.45, 7) is 5.41. The average Bonchev–Trinajstić information content (AvgIpc) is 2.45. The topological polar surface area (TPSA) is 88.1 Å². The molecule has 0 N–H and O–H groups in total. The van der Waals surface area contributed by atoms with E-state index in [1.807, 2.05) is 0 Å². The van der Waals surface area contributed by atoms with Crippen molar-refractivity contribution in [2.75, 3.05) is 5.75 Å². The number of terminal acetylenes is 1. The van der Waals surface area contributed by atoms with Crippen molar-refractivity contribution in [3.8, 4) is 12.3 Å². The van der Waals surface area contributed by atoms with Gasteiger partial charge in [-0.3, -0.25) is 14.4 Å². The van der Waals surface area contributed by atoms with Gasteiger partial charge in [-0.05, 0) is 6.92 Å². The summed E-state index contributed by atoms with van der Waals surface area (Å²) in [5.41, 5.74) is -0.589. The molecule has 1 aliphatic rings. The van der Waals surface area contributed by atoms with E-state index >= 15 is 0 Å². The molecular weight excluding hydrogens is 336 g/mol. The lowest BCUT2D eigenvalue weighted by molar-refractivity contribution is -0.229. The molecule has 0 radical (unpaired) electrons. The van der Waals surface area contributed by atoms with Gasteiger partial charge in [-0.1, -0.05) is 0 Å². The molecule has 1 fully saturated rings. The molecule has 1 saturated heterocycles. The number of carbonyl (C=O) groups excluding carboxylic acids is 3. The van der Waals surface area contributed by atoms with Crippen LogP contribution in [0.1, 0.15) is 34.1 Å². The fourth-order valence-corrected chi connectivity index (χ4v) is 3.46. The van der Waals surface area contributed by atoms with Crippen LogP contribution in [-0.2, 0) is 33.3 Å². The fourth-order valence-electron chi connectivity index (χ4n) is 2.34. The zero-order chi connectivity index (χ0) is 18.3. The van der Waals surface area contributed by atoms with Crippen molar-refractivity contribution in [2.45, 2.75) is 64.0 Å². The minimum atomic E-state index is -0.956. The molecule has 0 aromatic heterocycles. The van der Waals surface area contributed by atoms with E-state index in [9.17, 15) is 14.4 Å².